The minimum absolute atomic E-state index is 0.670. The van der Waals surface area contributed by atoms with Crippen molar-refractivity contribution >= 4 is 5.96 Å². The van der Waals surface area contributed by atoms with E-state index in [4.69, 9.17) is 4.74 Å². The van der Waals surface area contributed by atoms with Crippen LogP contribution in [-0.4, -0.2) is 50.7 Å². The average Bonchev–Trinajstić information content (AvgIpc) is 2.65. The van der Waals surface area contributed by atoms with Crippen molar-refractivity contribution in [3.05, 3.63) is 29.8 Å². The average molecular weight is 347 g/mol. The molecule has 0 unspecified atom stereocenters. The lowest BCUT2D eigenvalue weighted by Gasteiger charge is -2.30. The summed E-state index contributed by atoms with van der Waals surface area (Å²) in [5.74, 6) is 2.68. The van der Waals surface area contributed by atoms with E-state index in [2.05, 4.69) is 46.5 Å². The van der Waals surface area contributed by atoms with E-state index in [-0.39, 0.29) is 0 Å². The summed E-state index contributed by atoms with van der Waals surface area (Å²) in [7, 11) is 1.69. The first kappa shape index (κ1) is 19.6. The molecule has 0 amide bonds. The summed E-state index contributed by atoms with van der Waals surface area (Å²) < 4.78 is 5.19. The zero-order valence-corrected chi connectivity index (χ0v) is 16.1. The highest BCUT2D eigenvalue weighted by molar-refractivity contribution is 5.79. The quantitative estimate of drug-likeness (QED) is 0.432. The molecule has 0 bridgehead atoms. The van der Waals surface area contributed by atoms with Crippen LogP contribution >= 0.6 is 0 Å². The molecule has 1 saturated heterocycles. The molecular weight excluding hydrogens is 312 g/mol. The summed E-state index contributed by atoms with van der Waals surface area (Å²) in [5, 5.41) is 6.77. The number of methoxy groups -OCH3 is 1. The Bertz CT molecular complexity index is 507. The summed E-state index contributed by atoms with van der Waals surface area (Å²) >= 11 is 0. The van der Waals surface area contributed by atoms with E-state index in [0.29, 0.717) is 6.54 Å². The summed E-state index contributed by atoms with van der Waals surface area (Å²) in [6.07, 6.45) is 3.85. The highest BCUT2D eigenvalue weighted by atomic mass is 16.5. The number of nitrogens with one attached hydrogen (secondary N) is 2. The van der Waals surface area contributed by atoms with Gasteiger partial charge < -0.3 is 20.3 Å². The standard InChI is InChI=1S/C20H34N4O/c1-4-21-20(23-16-18-6-8-19(25-3)9-7-18)22-12-5-13-24-14-10-17(2)11-15-24/h6-9,17H,4-5,10-16H2,1-3H3,(H2,21,22,23). The number of hydrogen-bond donors (Lipinski definition) is 2. The number of piperidine rings is 1. The first-order chi connectivity index (χ1) is 12.2. The number of likely N-dealkylation sites (tertiary alicyclic amines) is 1. The predicted octanol–water partition coefficient (Wildman–Crippen LogP) is 2.87. The third-order valence-electron chi connectivity index (χ3n) is 4.74. The van der Waals surface area contributed by atoms with Crippen LogP contribution in [0.15, 0.2) is 29.3 Å². The maximum Gasteiger partial charge on any atom is 0.191 e. The van der Waals surface area contributed by atoms with Crippen LogP contribution < -0.4 is 15.4 Å². The van der Waals surface area contributed by atoms with E-state index < -0.39 is 0 Å². The van der Waals surface area contributed by atoms with Gasteiger partial charge in [-0.15, -0.1) is 0 Å². The van der Waals surface area contributed by atoms with Gasteiger partial charge >= 0.3 is 0 Å². The Morgan fingerprint density at radius 1 is 1.20 bits per heavy atom. The van der Waals surface area contributed by atoms with Crippen molar-refractivity contribution in [3.8, 4) is 5.75 Å². The normalized spacial score (nSPS) is 16.7. The molecule has 0 aliphatic carbocycles. The molecule has 1 aliphatic rings. The number of benzene rings is 1. The lowest BCUT2D eigenvalue weighted by Crippen LogP contribution is -2.39. The molecule has 1 heterocycles. The largest absolute Gasteiger partial charge is 0.497 e. The Morgan fingerprint density at radius 3 is 2.56 bits per heavy atom. The fraction of sp³-hybridized carbons (Fsp3) is 0.650. The zero-order valence-electron chi connectivity index (χ0n) is 16.1. The number of hydrogen-bond acceptors (Lipinski definition) is 3. The molecule has 0 atom stereocenters. The van der Waals surface area contributed by atoms with Crippen molar-refractivity contribution in [3.63, 3.8) is 0 Å². The third-order valence-corrected chi connectivity index (χ3v) is 4.74. The fourth-order valence-corrected chi connectivity index (χ4v) is 3.04. The smallest absolute Gasteiger partial charge is 0.191 e. The predicted molar refractivity (Wildman–Crippen MR) is 105 cm³/mol. The van der Waals surface area contributed by atoms with E-state index in [9.17, 15) is 0 Å². The second kappa shape index (κ2) is 11.0. The van der Waals surface area contributed by atoms with Crippen LogP contribution in [0.25, 0.3) is 0 Å². The summed E-state index contributed by atoms with van der Waals surface area (Å²) in [6, 6.07) is 8.07. The minimum atomic E-state index is 0.670. The van der Waals surface area contributed by atoms with Gasteiger partial charge in [0.05, 0.1) is 13.7 Å². The van der Waals surface area contributed by atoms with E-state index >= 15 is 0 Å². The maximum atomic E-state index is 5.19. The Morgan fingerprint density at radius 2 is 1.92 bits per heavy atom. The van der Waals surface area contributed by atoms with Gasteiger partial charge in [0.1, 0.15) is 5.75 Å². The molecular formula is C20H34N4O. The molecule has 1 aliphatic heterocycles. The number of guanidine groups is 1. The SMILES string of the molecule is CCNC(=NCc1ccc(OC)cc1)NCCCN1CCC(C)CC1. The molecule has 0 radical (unpaired) electrons. The molecule has 5 nitrogen and oxygen atoms in total. The van der Waals surface area contributed by atoms with Gasteiger partial charge in [-0.25, -0.2) is 4.99 Å². The van der Waals surface area contributed by atoms with Crippen molar-refractivity contribution in [2.75, 3.05) is 39.8 Å². The molecule has 2 N–H and O–H groups in total. The second-order valence-electron chi connectivity index (χ2n) is 6.85. The molecule has 0 spiro atoms. The minimum Gasteiger partial charge on any atom is -0.497 e. The van der Waals surface area contributed by atoms with Gasteiger partial charge in [0.2, 0.25) is 0 Å². The molecule has 2 rings (SSSR count). The van der Waals surface area contributed by atoms with Gasteiger partial charge in [-0.1, -0.05) is 19.1 Å². The first-order valence-corrected chi connectivity index (χ1v) is 9.58. The van der Waals surface area contributed by atoms with Crippen LogP contribution in [0, 0.1) is 5.92 Å². The van der Waals surface area contributed by atoms with E-state index in [1.54, 1.807) is 7.11 Å². The molecule has 0 aromatic heterocycles. The summed E-state index contributed by atoms with van der Waals surface area (Å²) in [6.45, 7) is 10.7. The Hall–Kier alpha value is -1.75. The third kappa shape index (κ3) is 7.34. The lowest BCUT2D eigenvalue weighted by atomic mass is 9.99. The van der Waals surface area contributed by atoms with Gasteiger partial charge in [-0.3, -0.25) is 0 Å². The van der Waals surface area contributed by atoms with Crippen LogP contribution in [0.3, 0.4) is 0 Å². The summed E-state index contributed by atoms with van der Waals surface area (Å²) in [5.41, 5.74) is 1.18. The Kier molecular flexibility index (Phi) is 8.60. The molecule has 1 fully saturated rings. The molecule has 0 saturated carbocycles. The maximum absolute atomic E-state index is 5.19. The number of aliphatic imine (C=N–C) groups is 1. The van der Waals surface area contributed by atoms with Crippen molar-refractivity contribution in [2.24, 2.45) is 10.9 Å². The molecule has 1 aromatic carbocycles. The van der Waals surface area contributed by atoms with Crippen LogP contribution in [-0.2, 0) is 6.54 Å². The van der Waals surface area contributed by atoms with Crippen molar-refractivity contribution in [1.29, 1.82) is 0 Å². The fourth-order valence-electron chi connectivity index (χ4n) is 3.04. The first-order valence-electron chi connectivity index (χ1n) is 9.58. The van der Waals surface area contributed by atoms with Gasteiger partial charge in [0.15, 0.2) is 5.96 Å². The Balaban J connectivity index is 1.71. The number of ether oxygens (including phenoxy) is 1. The van der Waals surface area contributed by atoms with Gasteiger partial charge in [-0.05, 0) is 69.4 Å². The molecule has 25 heavy (non-hydrogen) atoms. The molecule has 5 heteroatoms. The van der Waals surface area contributed by atoms with Gasteiger partial charge in [0, 0.05) is 13.1 Å². The Labute approximate surface area is 152 Å². The molecule has 140 valence electrons. The van der Waals surface area contributed by atoms with E-state index in [0.717, 1.165) is 37.1 Å². The van der Waals surface area contributed by atoms with Crippen molar-refractivity contribution in [2.45, 2.75) is 39.7 Å². The molecule has 1 aromatic rings. The second-order valence-corrected chi connectivity index (χ2v) is 6.85. The van der Waals surface area contributed by atoms with E-state index in [1.807, 2.05) is 12.1 Å². The number of nitrogens with zero attached hydrogens (tertiary/aromatic N) is 2. The highest BCUT2D eigenvalue weighted by Gasteiger charge is 2.14. The van der Waals surface area contributed by atoms with Crippen LogP contribution in [0.2, 0.25) is 0 Å². The zero-order chi connectivity index (χ0) is 17.9. The monoisotopic (exact) mass is 346 g/mol. The number of rotatable bonds is 8. The van der Waals surface area contributed by atoms with Gasteiger partial charge in [0.25, 0.3) is 0 Å². The lowest BCUT2D eigenvalue weighted by molar-refractivity contribution is 0.191. The van der Waals surface area contributed by atoms with E-state index in [1.165, 1.54) is 38.0 Å². The van der Waals surface area contributed by atoms with Crippen LogP contribution in [0.1, 0.15) is 38.7 Å². The van der Waals surface area contributed by atoms with Crippen molar-refractivity contribution < 1.29 is 4.74 Å². The van der Waals surface area contributed by atoms with Crippen LogP contribution in [0.4, 0.5) is 0 Å². The van der Waals surface area contributed by atoms with Gasteiger partial charge in [-0.2, -0.15) is 0 Å². The highest BCUT2D eigenvalue weighted by Crippen LogP contribution is 2.15. The van der Waals surface area contributed by atoms with Crippen LogP contribution in [0.5, 0.6) is 5.75 Å². The topological polar surface area (TPSA) is 48.9 Å². The summed E-state index contributed by atoms with van der Waals surface area (Å²) in [4.78, 5) is 7.26. The van der Waals surface area contributed by atoms with Crippen molar-refractivity contribution in [1.82, 2.24) is 15.5 Å².